The first-order chi connectivity index (χ1) is 9.36. The lowest BCUT2D eigenvalue weighted by Gasteiger charge is -2.08. The molecule has 0 bridgehead atoms. The normalized spacial score (nSPS) is 11.2. The standard InChI is InChI=1S/C11H7F3N4O2/c12-11(13,14)8-2-1-6(4-15-8)18-9-3-7(10(19)20)16-5-17-9/h1-5H,(H,19,20)(H,16,17,18). The van der Waals surface area contributed by atoms with Gasteiger partial charge in [0.1, 0.15) is 17.8 Å². The van der Waals surface area contributed by atoms with E-state index in [-0.39, 0.29) is 17.2 Å². The quantitative estimate of drug-likeness (QED) is 0.899. The molecule has 2 aromatic rings. The second-order valence-electron chi connectivity index (χ2n) is 3.65. The van der Waals surface area contributed by atoms with Crippen LogP contribution in [-0.2, 0) is 6.18 Å². The van der Waals surface area contributed by atoms with Crippen molar-refractivity contribution in [3.8, 4) is 0 Å². The van der Waals surface area contributed by atoms with Gasteiger partial charge >= 0.3 is 12.1 Å². The van der Waals surface area contributed by atoms with Gasteiger partial charge in [0.15, 0.2) is 5.69 Å². The molecule has 0 aliphatic carbocycles. The summed E-state index contributed by atoms with van der Waals surface area (Å²) in [7, 11) is 0. The summed E-state index contributed by atoms with van der Waals surface area (Å²) in [5, 5.41) is 11.4. The van der Waals surface area contributed by atoms with Crippen LogP contribution in [0.3, 0.4) is 0 Å². The van der Waals surface area contributed by atoms with E-state index in [2.05, 4.69) is 20.3 Å². The van der Waals surface area contributed by atoms with Crippen LogP contribution in [0.5, 0.6) is 0 Å². The number of pyridine rings is 1. The van der Waals surface area contributed by atoms with Gasteiger partial charge in [-0.05, 0) is 12.1 Å². The molecule has 6 nitrogen and oxygen atoms in total. The van der Waals surface area contributed by atoms with E-state index in [1.54, 1.807) is 0 Å². The van der Waals surface area contributed by atoms with Gasteiger partial charge in [-0.25, -0.2) is 19.7 Å². The summed E-state index contributed by atoms with van der Waals surface area (Å²) in [6, 6.07) is 3.13. The lowest BCUT2D eigenvalue weighted by Crippen LogP contribution is -2.08. The first-order valence-corrected chi connectivity index (χ1v) is 5.22. The number of carbonyl (C=O) groups is 1. The molecule has 9 heteroatoms. The monoisotopic (exact) mass is 284 g/mol. The molecule has 0 unspecified atom stereocenters. The minimum atomic E-state index is -4.51. The van der Waals surface area contributed by atoms with Crippen LogP contribution in [0.15, 0.2) is 30.7 Å². The Morgan fingerprint density at radius 2 is 1.95 bits per heavy atom. The van der Waals surface area contributed by atoms with Gasteiger partial charge in [-0.1, -0.05) is 0 Å². The lowest BCUT2D eigenvalue weighted by molar-refractivity contribution is -0.141. The molecule has 0 saturated carbocycles. The number of hydrogen-bond acceptors (Lipinski definition) is 5. The number of aromatic nitrogens is 3. The van der Waals surface area contributed by atoms with E-state index < -0.39 is 17.8 Å². The fraction of sp³-hybridized carbons (Fsp3) is 0.0909. The highest BCUT2D eigenvalue weighted by Crippen LogP contribution is 2.28. The van der Waals surface area contributed by atoms with Gasteiger partial charge in [-0.15, -0.1) is 0 Å². The molecule has 0 aromatic carbocycles. The first kappa shape index (κ1) is 13.7. The van der Waals surface area contributed by atoms with Crippen molar-refractivity contribution >= 4 is 17.5 Å². The maximum absolute atomic E-state index is 12.3. The van der Waals surface area contributed by atoms with Crippen molar-refractivity contribution in [1.29, 1.82) is 0 Å². The lowest BCUT2D eigenvalue weighted by atomic mass is 10.3. The summed E-state index contributed by atoms with van der Waals surface area (Å²) in [6.07, 6.45) is -2.50. The van der Waals surface area contributed by atoms with Crippen LogP contribution in [0.25, 0.3) is 0 Å². The zero-order chi connectivity index (χ0) is 14.8. The third kappa shape index (κ3) is 3.19. The summed E-state index contributed by atoms with van der Waals surface area (Å²) in [6.45, 7) is 0. The fourth-order valence-electron chi connectivity index (χ4n) is 1.33. The summed E-state index contributed by atoms with van der Waals surface area (Å²) < 4.78 is 37.0. The van der Waals surface area contributed by atoms with E-state index in [0.717, 1.165) is 24.7 Å². The van der Waals surface area contributed by atoms with Crippen molar-refractivity contribution in [3.63, 3.8) is 0 Å². The van der Waals surface area contributed by atoms with Crippen molar-refractivity contribution in [2.45, 2.75) is 6.18 Å². The maximum atomic E-state index is 12.3. The Balaban J connectivity index is 2.18. The van der Waals surface area contributed by atoms with Crippen molar-refractivity contribution in [2.24, 2.45) is 0 Å². The number of alkyl halides is 3. The SMILES string of the molecule is O=C(O)c1cc(Nc2ccc(C(F)(F)F)nc2)ncn1. The van der Waals surface area contributed by atoms with Gasteiger partial charge in [0.2, 0.25) is 0 Å². The Bertz CT molecular complexity index is 628. The minimum Gasteiger partial charge on any atom is -0.477 e. The number of carboxylic acid groups (broad SMARTS) is 1. The van der Waals surface area contributed by atoms with Crippen LogP contribution in [0.2, 0.25) is 0 Å². The molecule has 0 fully saturated rings. The predicted molar refractivity (Wildman–Crippen MR) is 61.5 cm³/mol. The summed E-state index contributed by atoms with van der Waals surface area (Å²) in [5.41, 5.74) is -1.01. The Hall–Kier alpha value is -2.71. The van der Waals surface area contributed by atoms with Gasteiger partial charge in [0.25, 0.3) is 0 Å². The highest BCUT2D eigenvalue weighted by atomic mass is 19.4. The van der Waals surface area contributed by atoms with E-state index in [0.29, 0.717) is 0 Å². The maximum Gasteiger partial charge on any atom is 0.433 e. The summed E-state index contributed by atoms with van der Waals surface area (Å²) in [4.78, 5) is 21.2. The Morgan fingerprint density at radius 3 is 2.50 bits per heavy atom. The first-order valence-electron chi connectivity index (χ1n) is 5.22. The Kier molecular flexibility index (Phi) is 3.51. The number of aromatic carboxylic acids is 1. The molecule has 2 rings (SSSR count). The van der Waals surface area contributed by atoms with Crippen LogP contribution in [0.4, 0.5) is 24.7 Å². The number of carboxylic acids is 1. The molecule has 0 saturated heterocycles. The van der Waals surface area contributed by atoms with Crippen LogP contribution < -0.4 is 5.32 Å². The van der Waals surface area contributed by atoms with Crippen LogP contribution in [0, 0.1) is 0 Å². The van der Waals surface area contributed by atoms with Crippen LogP contribution in [0.1, 0.15) is 16.2 Å². The average Bonchev–Trinajstić information content (AvgIpc) is 2.38. The zero-order valence-corrected chi connectivity index (χ0v) is 9.72. The average molecular weight is 284 g/mol. The van der Waals surface area contributed by atoms with Crippen molar-refractivity contribution in [2.75, 3.05) is 5.32 Å². The molecule has 0 aliphatic rings. The van der Waals surface area contributed by atoms with E-state index in [1.165, 1.54) is 6.07 Å². The van der Waals surface area contributed by atoms with E-state index in [4.69, 9.17) is 5.11 Å². The van der Waals surface area contributed by atoms with Gasteiger partial charge < -0.3 is 10.4 Å². The minimum absolute atomic E-state index is 0.138. The van der Waals surface area contributed by atoms with Crippen LogP contribution >= 0.6 is 0 Å². The molecular weight excluding hydrogens is 277 g/mol. The molecule has 0 amide bonds. The third-order valence-corrected chi connectivity index (χ3v) is 2.21. The van der Waals surface area contributed by atoms with Crippen molar-refractivity contribution in [1.82, 2.24) is 15.0 Å². The zero-order valence-electron chi connectivity index (χ0n) is 9.72. The molecule has 0 aliphatic heterocycles. The van der Waals surface area contributed by atoms with Crippen molar-refractivity contribution < 1.29 is 23.1 Å². The second kappa shape index (κ2) is 5.11. The van der Waals surface area contributed by atoms with Gasteiger partial charge in [0, 0.05) is 6.07 Å². The molecule has 20 heavy (non-hydrogen) atoms. The number of rotatable bonds is 3. The Morgan fingerprint density at radius 1 is 1.20 bits per heavy atom. The molecule has 0 radical (unpaired) electrons. The van der Waals surface area contributed by atoms with E-state index >= 15 is 0 Å². The largest absolute Gasteiger partial charge is 0.477 e. The van der Waals surface area contributed by atoms with Gasteiger partial charge in [-0.2, -0.15) is 13.2 Å². The summed E-state index contributed by atoms with van der Waals surface area (Å²) in [5.74, 6) is -1.10. The number of halogens is 3. The summed E-state index contributed by atoms with van der Waals surface area (Å²) >= 11 is 0. The third-order valence-electron chi connectivity index (χ3n) is 2.21. The van der Waals surface area contributed by atoms with E-state index in [1.807, 2.05) is 0 Å². The highest BCUT2D eigenvalue weighted by Gasteiger charge is 2.32. The highest BCUT2D eigenvalue weighted by molar-refractivity contribution is 5.86. The van der Waals surface area contributed by atoms with E-state index in [9.17, 15) is 18.0 Å². The fourth-order valence-corrected chi connectivity index (χ4v) is 1.33. The number of anilines is 2. The Labute approximate surface area is 110 Å². The molecule has 2 N–H and O–H groups in total. The van der Waals surface area contributed by atoms with Crippen LogP contribution in [-0.4, -0.2) is 26.0 Å². The number of nitrogens with zero attached hydrogens (tertiary/aromatic N) is 3. The molecule has 2 heterocycles. The predicted octanol–water partition coefficient (Wildman–Crippen LogP) is 2.33. The van der Waals surface area contributed by atoms with Gasteiger partial charge in [0.05, 0.1) is 11.9 Å². The smallest absolute Gasteiger partial charge is 0.433 e. The van der Waals surface area contributed by atoms with Gasteiger partial charge in [-0.3, -0.25) is 0 Å². The second-order valence-corrected chi connectivity index (χ2v) is 3.65. The topological polar surface area (TPSA) is 88.0 Å². The molecule has 0 spiro atoms. The molecule has 2 aromatic heterocycles. The molecule has 104 valence electrons. The number of nitrogens with one attached hydrogen (secondary N) is 1. The number of hydrogen-bond donors (Lipinski definition) is 2. The molecule has 0 atom stereocenters. The van der Waals surface area contributed by atoms with Crippen molar-refractivity contribution in [3.05, 3.63) is 42.1 Å². The molecular formula is C11H7F3N4O2.